The summed E-state index contributed by atoms with van der Waals surface area (Å²) < 4.78 is 7.59. The first-order valence-electron chi connectivity index (χ1n) is 8.29. The number of aromatic nitrogens is 3. The van der Waals surface area contributed by atoms with Crippen LogP contribution in [0.3, 0.4) is 0 Å². The van der Waals surface area contributed by atoms with E-state index in [2.05, 4.69) is 26.5 Å². The lowest BCUT2D eigenvalue weighted by atomic mass is 10.1. The fourth-order valence-corrected chi connectivity index (χ4v) is 4.30. The molecule has 0 bridgehead atoms. The van der Waals surface area contributed by atoms with Crippen molar-refractivity contribution in [2.75, 3.05) is 37.7 Å². The number of hydrogen-bond acceptors (Lipinski definition) is 6. The zero-order chi connectivity index (χ0) is 15.6. The van der Waals surface area contributed by atoms with E-state index in [0.717, 1.165) is 45.1 Å². The van der Waals surface area contributed by atoms with Crippen LogP contribution in [0.25, 0.3) is 0 Å². The number of ether oxygens (including phenoxy) is 1. The molecule has 0 N–H and O–H groups in total. The van der Waals surface area contributed by atoms with Crippen LogP contribution in [0.1, 0.15) is 30.1 Å². The third-order valence-electron chi connectivity index (χ3n) is 4.61. The Kier molecular flexibility index (Phi) is 4.33. The number of hydrogen-bond donors (Lipinski definition) is 0. The standard InChI is InChI=1S/C16H23N5OS/c1-19-9-13(8-17-19)10-21-6-7-22-11-15(21)14-12-23-16(18-14)20-4-2-3-5-20/h8-9,12,15H,2-7,10-11H2,1H3/t15-/m0/s1. The first kappa shape index (κ1) is 15.1. The summed E-state index contributed by atoms with van der Waals surface area (Å²) in [7, 11) is 1.96. The molecule has 2 aliphatic heterocycles. The first-order chi connectivity index (χ1) is 11.3. The van der Waals surface area contributed by atoms with E-state index in [9.17, 15) is 0 Å². The number of anilines is 1. The van der Waals surface area contributed by atoms with Gasteiger partial charge >= 0.3 is 0 Å². The predicted molar refractivity (Wildman–Crippen MR) is 90.7 cm³/mol. The average Bonchev–Trinajstić information content (AvgIpc) is 3.28. The van der Waals surface area contributed by atoms with E-state index < -0.39 is 0 Å². The maximum atomic E-state index is 5.73. The molecule has 0 unspecified atom stereocenters. The summed E-state index contributed by atoms with van der Waals surface area (Å²) in [5.41, 5.74) is 2.40. The van der Waals surface area contributed by atoms with Gasteiger partial charge in [-0.2, -0.15) is 5.10 Å². The van der Waals surface area contributed by atoms with Gasteiger partial charge in [0, 0.05) is 50.4 Å². The molecule has 4 heterocycles. The Hall–Kier alpha value is -1.44. The molecule has 124 valence electrons. The number of rotatable bonds is 4. The van der Waals surface area contributed by atoms with Gasteiger partial charge in [-0.25, -0.2) is 4.98 Å². The van der Waals surface area contributed by atoms with Crippen LogP contribution < -0.4 is 4.90 Å². The summed E-state index contributed by atoms with van der Waals surface area (Å²) in [5.74, 6) is 0. The SMILES string of the molecule is Cn1cc(CN2CCOC[C@H]2c2csc(N3CCCC3)n2)cn1. The van der Waals surface area contributed by atoms with E-state index in [1.54, 1.807) is 11.3 Å². The quantitative estimate of drug-likeness (QED) is 0.857. The molecule has 2 fully saturated rings. The molecule has 4 rings (SSSR count). The molecule has 7 heteroatoms. The molecule has 0 aliphatic carbocycles. The van der Waals surface area contributed by atoms with Crippen molar-refractivity contribution in [1.82, 2.24) is 19.7 Å². The topological polar surface area (TPSA) is 46.4 Å². The smallest absolute Gasteiger partial charge is 0.185 e. The number of thiazole rings is 1. The van der Waals surface area contributed by atoms with Crippen molar-refractivity contribution in [3.63, 3.8) is 0 Å². The minimum atomic E-state index is 0.247. The van der Waals surface area contributed by atoms with Gasteiger partial charge in [0.1, 0.15) is 0 Å². The van der Waals surface area contributed by atoms with Crippen molar-refractivity contribution in [2.24, 2.45) is 7.05 Å². The Morgan fingerprint density at radius 1 is 1.30 bits per heavy atom. The molecule has 23 heavy (non-hydrogen) atoms. The lowest BCUT2D eigenvalue weighted by Crippen LogP contribution is -2.39. The molecule has 2 aliphatic rings. The van der Waals surface area contributed by atoms with Crippen LogP contribution in [0.2, 0.25) is 0 Å². The summed E-state index contributed by atoms with van der Waals surface area (Å²) in [6.07, 6.45) is 6.61. The van der Waals surface area contributed by atoms with Gasteiger partial charge in [-0.15, -0.1) is 11.3 Å². The highest BCUT2D eigenvalue weighted by Crippen LogP contribution is 2.31. The molecule has 0 aromatic carbocycles. The van der Waals surface area contributed by atoms with Gasteiger partial charge in [0.15, 0.2) is 5.13 Å². The third kappa shape index (κ3) is 3.27. The maximum absolute atomic E-state index is 5.73. The third-order valence-corrected chi connectivity index (χ3v) is 5.53. The zero-order valence-corrected chi connectivity index (χ0v) is 14.3. The largest absolute Gasteiger partial charge is 0.378 e. The monoisotopic (exact) mass is 333 g/mol. The molecule has 0 saturated carbocycles. The highest BCUT2D eigenvalue weighted by molar-refractivity contribution is 7.13. The fourth-order valence-electron chi connectivity index (χ4n) is 3.37. The first-order valence-corrected chi connectivity index (χ1v) is 9.17. The van der Waals surface area contributed by atoms with Gasteiger partial charge in [0.05, 0.1) is 31.1 Å². The summed E-state index contributed by atoms with van der Waals surface area (Å²) in [6.45, 7) is 5.65. The van der Waals surface area contributed by atoms with Gasteiger partial charge < -0.3 is 9.64 Å². The van der Waals surface area contributed by atoms with Crippen LogP contribution >= 0.6 is 11.3 Å². The van der Waals surface area contributed by atoms with Crippen LogP contribution in [0.4, 0.5) is 5.13 Å². The molecule has 6 nitrogen and oxygen atoms in total. The lowest BCUT2D eigenvalue weighted by molar-refractivity contribution is -0.0140. The van der Waals surface area contributed by atoms with Crippen molar-refractivity contribution in [2.45, 2.75) is 25.4 Å². The van der Waals surface area contributed by atoms with Crippen LogP contribution in [-0.4, -0.2) is 52.5 Å². The van der Waals surface area contributed by atoms with Gasteiger partial charge in [0.25, 0.3) is 0 Å². The maximum Gasteiger partial charge on any atom is 0.185 e. The normalized spacial score (nSPS) is 22.8. The van der Waals surface area contributed by atoms with Gasteiger partial charge in [-0.05, 0) is 12.8 Å². The van der Waals surface area contributed by atoms with Crippen LogP contribution in [0, 0.1) is 0 Å². The highest BCUT2D eigenvalue weighted by Gasteiger charge is 2.28. The van der Waals surface area contributed by atoms with Crippen molar-refractivity contribution >= 4 is 16.5 Å². The minimum Gasteiger partial charge on any atom is -0.378 e. The molecular weight excluding hydrogens is 310 g/mol. The molecule has 0 radical (unpaired) electrons. The van der Waals surface area contributed by atoms with E-state index in [4.69, 9.17) is 9.72 Å². The summed E-state index contributed by atoms with van der Waals surface area (Å²) in [6, 6.07) is 0.247. The van der Waals surface area contributed by atoms with E-state index >= 15 is 0 Å². The van der Waals surface area contributed by atoms with Crippen LogP contribution in [0.15, 0.2) is 17.8 Å². The summed E-state index contributed by atoms with van der Waals surface area (Å²) >= 11 is 1.77. The Balaban J connectivity index is 1.50. The molecule has 0 spiro atoms. The van der Waals surface area contributed by atoms with E-state index in [1.165, 1.54) is 23.5 Å². The molecule has 1 atom stereocenters. The van der Waals surface area contributed by atoms with Gasteiger partial charge in [0.2, 0.25) is 0 Å². The summed E-state index contributed by atoms with van der Waals surface area (Å²) in [4.78, 5) is 9.78. The molecule has 2 aromatic heterocycles. The Morgan fingerprint density at radius 2 is 2.17 bits per heavy atom. The molecule has 2 aromatic rings. The molecule has 2 saturated heterocycles. The second kappa shape index (κ2) is 6.59. The highest BCUT2D eigenvalue weighted by atomic mass is 32.1. The number of nitrogens with zero attached hydrogens (tertiary/aromatic N) is 5. The van der Waals surface area contributed by atoms with E-state index in [0.29, 0.717) is 0 Å². The number of aryl methyl sites for hydroxylation is 1. The van der Waals surface area contributed by atoms with Crippen LogP contribution in [0.5, 0.6) is 0 Å². The lowest BCUT2D eigenvalue weighted by Gasteiger charge is -2.34. The fraction of sp³-hybridized carbons (Fsp3) is 0.625. The van der Waals surface area contributed by atoms with E-state index in [1.807, 2.05) is 17.9 Å². The second-order valence-electron chi connectivity index (χ2n) is 6.33. The minimum absolute atomic E-state index is 0.247. The van der Waals surface area contributed by atoms with Crippen LogP contribution in [-0.2, 0) is 18.3 Å². The predicted octanol–water partition coefficient (Wildman–Crippen LogP) is 2.05. The van der Waals surface area contributed by atoms with Crippen molar-refractivity contribution in [3.8, 4) is 0 Å². The van der Waals surface area contributed by atoms with Crippen molar-refractivity contribution < 1.29 is 4.74 Å². The average molecular weight is 333 g/mol. The molecular formula is C16H23N5OS. The number of morpholine rings is 1. The second-order valence-corrected chi connectivity index (χ2v) is 7.17. The van der Waals surface area contributed by atoms with Gasteiger partial charge in [-0.1, -0.05) is 0 Å². The van der Waals surface area contributed by atoms with Crippen molar-refractivity contribution in [3.05, 3.63) is 29.0 Å². The Labute approximate surface area is 140 Å². The Bertz CT molecular complexity index is 648. The van der Waals surface area contributed by atoms with Crippen molar-refractivity contribution in [1.29, 1.82) is 0 Å². The van der Waals surface area contributed by atoms with E-state index in [-0.39, 0.29) is 6.04 Å². The zero-order valence-electron chi connectivity index (χ0n) is 13.5. The Morgan fingerprint density at radius 3 is 2.96 bits per heavy atom. The summed E-state index contributed by atoms with van der Waals surface area (Å²) in [5, 5.41) is 7.66. The van der Waals surface area contributed by atoms with Gasteiger partial charge in [-0.3, -0.25) is 9.58 Å². The molecule has 0 amide bonds.